The number of nitrogens with two attached hydrogens (primary N) is 1. The van der Waals surface area contributed by atoms with Gasteiger partial charge in [-0.1, -0.05) is 0 Å². The van der Waals surface area contributed by atoms with E-state index in [2.05, 4.69) is 4.99 Å². The summed E-state index contributed by atoms with van der Waals surface area (Å²) in [6.45, 7) is 1.98. The van der Waals surface area contributed by atoms with Gasteiger partial charge in [0.1, 0.15) is 5.75 Å². The Hall–Kier alpha value is -0.220. The van der Waals surface area contributed by atoms with Crippen LogP contribution in [0.15, 0.2) is 4.99 Å². The Labute approximate surface area is 82.0 Å². The van der Waals surface area contributed by atoms with E-state index in [0.717, 1.165) is 25.7 Å². The maximum Gasteiger partial charge on any atom is 0.181 e. The Balaban J connectivity index is 2.30. The molecule has 2 unspecified atom stereocenters. The van der Waals surface area contributed by atoms with Gasteiger partial charge in [-0.3, -0.25) is 4.99 Å². The zero-order valence-electron chi connectivity index (χ0n) is 7.95. The van der Waals surface area contributed by atoms with Gasteiger partial charge < -0.3 is 10.3 Å². The lowest BCUT2D eigenvalue weighted by Crippen LogP contribution is -2.54. The molecule has 2 atom stereocenters. The number of aliphatic imine (C=N–C) groups is 1. The highest BCUT2D eigenvalue weighted by Crippen LogP contribution is 2.39. The molecule has 4 heteroatoms. The Morgan fingerprint density at radius 1 is 1.54 bits per heavy atom. The van der Waals surface area contributed by atoms with Crippen LogP contribution in [0.4, 0.5) is 0 Å². The molecule has 2 rings (SSSR count). The Bertz CT molecular complexity index is 236. The van der Waals surface area contributed by atoms with E-state index in [0.29, 0.717) is 11.6 Å². The molecule has 0 amide bonds. The summed E-state index contributed by atoms with van der Waals surface area (Å²) in [4.78, 5) is 4.37. The van der Waals surface area contributed by atoms with Crippen LogP contribution < -0.4 is 5.73 Å². The van der Waals surface area contributed by atoms with Crippen molar-refractivity contribution in [3.63, 3.8) is 0 Å². The largest absolute Gasteiger partial charge is 0.616 e. The number of hydrogen-bond donors (Lipinski definition) is 1. The molecule has 1 aliphatic heterocycles. The first-order valence-electron chi connectivity index (χ1n) is 4.87. The minimum Gasteiger partial charge on any atom is -0.616 e. The Morgan fingerprint density at radius 3 is 2.69 bits per heavy atom. The third-order valence-electron chi connectivity index (χ3n) is 3.07. The van der Waals surface area contributed by atoms with Crippen LogP contribution >= 0.6 is 0 Å². The summed E-state index contributed by atoms with van der Waals surface area (Å²) in [6.07, 6.45) is 4.25. The molecule has 74 valence electrons. The fraction of sp³-hybridized carbons (Fsp3) is 0.889. The van der Waals surface area contributed by atoms with E-state index in [1.54, 1.807) is 0 Å². The SMILES string of the molecule is CC1C[S+]([O-])C2(CCCC2)C(N)=N1. The predicted molar refractivity (Wildman–Crippen MR) is 55.3 cm³/mol. The van der Waals surface area contributed by atoms with Gasteiger partial charge in [0.2, 0.25) is 0 Å². The average Bonchev–Trinajstić information content (AvgIpc) is 2.50. The van der Waals surface area contributed by atoms with E-state index in [9.17, 15) is 4.55 Å². The van der Waals surface area contributed by atoms with Gasteiger partial charge in [-0.15, -0.1) is 0 Å². The molecule has 0 aromatic carbocycles. The van der Waals surface area contributed by atoms with Crippen LogP contribution in [0.1, 0.15) is 32.6 Å². The van der Waals surface area contributed by atoms with Crippen molar-refractivity contribution < 1.29 is 4.55 Å². The topological polar surface area (TPSA) is 61.4 Å². The van der Waals surface area contributed by atoms with E-state index >= 15 is 0 Å². The van der Waals surface area contributed by atoms with Crippen molar-refractivity contribution in [2.24, 2.45) is 10.7 Å². The lowest BCUT2D eigenvalue weighted by Gasteiger charge is -2.35. The van der Waals surface area contributed by atoms with Crippen molar-refractivity contribution in [1.29, 1.82) is 0 Å². The van der Waals surface area contributed by atoms with Crippen molar-refractivity contribution in [1.82, 2.24) is 0 Å². The van der Waals surface area contributed by atoms with Crippen LogP contribution in [0.5, 0.6) is 0 Å². The first-order valence-corrected chi connectivity index (χ1v) is 6.19. The Kier molecular flexibility index (Phi) is 2.28. The summed E-state index contributed by atoms with van der Waals surface area (Å²) in [7, 11) is 0. The van der Waals surface area contributed by atoms with Crippen LogP contribution in [0, 0.1) is 0 Å². The van der Waals surface area contributed by atoms with Crippen LogP contribution in [0.25, 0.3) is 0 Å². The van der Waals surface area contributed by atoms with E-state index < -0.39 is 11.2 Å². The first-order chi connectivity index (χ1) is 6.15. The molecule has 1 aliphatic carbocycles. The van der Waals surface area contributed by atoms with Gasteiger partial charge in [0.15, 0.2) is 10.6 Å². The first kappa shape index (κ1) is 9.34. The van der Waals surface area contributed by atoms with Crippen LogP contribution in [-0.2, 0) is 11.2 Å². The summed E-state index contributed by atoms with van der Waals surface area (Å²) in [5.74, 6) is 1.35. The predicted octanol–water partition coefficient (Wildman–Crippen LogP) is 0.807. The second kappa shape index (κ2) is 3.17. The van der Waals surface area contributed by atoms with Crippen LogP contribution in [0.3, 0.4) is 0 Å². The maximum absolute atomic E-state index is 12.0. The maximum atomic E-state index is 12.0. The molecule has 2 N–H and O–H groups in total. The van der Waals surface area contributed by atoms with Gasteiger partial charge >= 0.3 is 0 Å². The third-order valence-corrected chi connectivity index (χ3v) is 5.34. The minimum atomic E-state index is -0.790. The zero-order valence-corrected chi connectivity index (χ0v) is 8.77. The molecule has 1 saturated carbocycles. The van der Waals surface area contributed by atoms with Crippen LogP contribution in [0.2, 0.25) is 0 Å². The lowest BCUT2D eigenvalue weighted by molar-refractivity contribution is 0.546. The average molecular weight is 200 g/mol. The fourth-order valence-corrected chi connectivity index (χ4v) is 4.18. The van der Waals surface area contributed by atoms with E-state index in [-0.39, 0.29) is 10.8 Å². The highest BCUT2D eigenvalue weighted by atomic mass is 32.2. The molecule has 3 nitrogen and oxygen atoms in total. The number of hydrogen-bond acceptors (Lipinski definition) is 3. The Morgan fingerprint density at radius 2 is 2.15 bits per heavy atom. The van der Waals surface area contributed by atoms with Crippen LogP contribution in [-0.4, -0.2) is 26.9 Å². The van der Waals surface area contributed by atoms with E-state index in [4.69, 9.17) is 5.73 Å². The molecule has 2 aliphatic rings. The number of nitrogens with zero attached hydrogens (tertiary/aromatic N) is 1. The van der Waals surface area contributed by atoms with Gasteiger partial charge in [0, 0.05) is 12.8 Å². The molecule has 13 heavy (non-hydrogen) atoms. The van der Waals surface area contributed by atoms with Gasteiger partial charge in [0.25, 0.3) is 0 Å². The quantitative estimate of drug-likeness (QED) is 0.588. The van der Waals surface area contributed by atoms with Crippen molar-refractivity contribution in [3.05, 3.63) is 0 Å². The normalized spacial score (nSPS) is 37.8. The molecular formula is C9H16N2OS. The smallest absolute Gasteiger partial charge is 0.181 e. The molecule has 1 spiro atoms. The monoisotopic (exact) mass is 200 g/mol. The second-order valence-corrected chi connectivity index (χ2v) is 5.88. The molecule has 0 saturated heterocycles. The second-order valence-electron chi connectivity index (χ2n) is 4.08. The standard InChI is InChI=1S/C9H16N2OS/c1-7-6-13(12)9(8(10)11-7)4-2-3-5-9/h7H,2-6H2,1H3,(H2,10,11). The number of amidine groups is 1. The zero-order chi connectivity index (χ0) is 9.47. The molecule has 0 bridgehead atoms. The van der Waals surface area contributed by atoms with Crippen molar-refractivity contribution >= 4 is 17.0 Å². The third kappa shape index (κ3) is 1.36. The summed E-state index contributed by atoms with van der Waals surface area (Å²) in [6, 6.07) is 0.145. The highest BCUT2D eigenvalue weighted by Gasteiger charge is 2.51. The van der Waals surface area contributed by atoms with Gasteiger partial charge in [0.05, 0.1) is 6.04 Å². The van der Waals surface area contributed by atoms with Gasteiger partial charge in [-0.2, -0.15) is 0 Å². The molecule has 0 aromatic heterocycles. The van der Waals surface area contributed by atoms with Gasteiger partial charge in [-0.05, 0) is 30.9 Å². The summed E-state index contributed by atoms with van der Waals surface area (Å²) in [5, 5.41) is 0. The minimum absolute atomic E-state index is 0.145. The fourth-order valence-electron chi connectivity index (χ4n) is 2.32. The summed E-state index contributed by atoms with van der Waals surface area (Å²) < 4.78 is 11.8. The van der Waals surface area contributed by atoms with E-state index in [1.807, 2.05) is 6.92 Å². The molecule has 1 heterocycles. The summed E-state index contributed by atoms with van der Waals surface area (Å²) in [5.41, 5.74) is 5.91. The molecule has 1 fully saturated rings. The van der Waals surface area contributed by atoms with Crippen molar-refractivity contribution in [2.75, 3.05) is 5.75 Å². The highest BCUT2D eigenvalue weighted by molar-refractivity contribution is 7.93. The molecule has 0 aromatic rings. The molecule has 0 radical (unpaired) electrons. The number of rotatable bonds is 0. The summed E-state index contributed by atoms with van der Waals surface area (Å²) >= 11 is -0.790. The van der Waals surface area contributed by atoms with Crippen molar-refractivity contribution in [2.45, 2.75) is 43.4 Å². The lowest BCUT2D eigenvalue weighted by atomic mass is 10.1. The van der Waals surface area contributed by atoms with Crippen molar-refractivity contribution in [3.8, 4) is 0 Å². The molecular weight excluding hydrogens is 184 g/mol. The van der Waals surface area contributed by atoms with Gasteiger partial charge in [-0.25, -0.2) is 0 Å². The van der Waals surface area contributed by atoms with E-state index in [1.165, 1.54) is 0 Å².